The largest absolute Gasteiger partial charge is 0.450 e. The average Bonchev–Trinajstić information content (AvgIpc) is 2.99. The van der Waals surface area contributed by atoms with Gasteiger partial charge in [0.2, 0.25) is 0 Å². The normalized spacial score (nSPS) is 11.2. The third kappa shape index (κ3) is 1.64. The van der Waals surface area contributed by atoms with Crippen LogP contribution in [-0.4, -0.2) is 10.2 Å². The molecular weight excluding hydrogens is 257 g/mol. The number of fused-ring (bicyclic) bond motifs is 3. The van der Waals surface area contributed by atoms with Gasteiger partial charge in [0.15, 0.2) is 11.4 Å². The van der Waals surface area contributed by atoms with Crippen LogP contribution in [0.15, 0.2) is 52.9 Å². The molecule has 4 rings (SSSR count). The lowest BCUT2D eigenvalue weighted by atomic mass is 10.2. The first kappa shape index (κ1) is 11.0. The van der Waals surface area contributed by atoms with Crippen LogP contribution in [0.4, 0.5) is 15.9 Å². The summed E-state index contributed by atoms with van der Waals surface area (Å²) in [6.45, 7) is 0. The second kappa shape index (κ2) is 4.09. The van der Waals surface area contributed by atoms with Crippen LogP contribution in [0, 0.1) is 5.82 Å². The number of halogens is 1. The van der Waals surface area contributed by atoms with Gasteiger partial charge in [0, 0.05) is 11.1 Å². The number of H-pyrrole nitrogens is 1. The molecule has 0 spiro atoms. The predicted molar refractivity (Wildman–Crippen MR) is 75.5 cm³/mol. The van der Waals surface area contributed by atoms with E-state index in [9.17, 15) is 4.39 Å². The number of rotatable bonds is 2. The molecule has 0 amide bonds. The summed E-state index contributed by atoms with van der Waals surface area (Å²) < 4.78 is 19.0. The molecule has 0 aliphatic carbocycles. The molecule has 2 heterocycles. The fourth-order valence-electron chi connectivity index (χ4n) is 2.27. The van der Waals surface area contributed by atoms with E-state index in [1.807, 2.05) is 24.3 Å². The highest BCUT2D eigenvalue weighted by Crippen LogP contribution is 2.32. The molecule has 2 N–H and O–H groups in total. The molecule has 0 fully saturated rings. The Morgan fingerprint density at radius 1 is 1.10 bits per heavy atom. The molecule has 0 bridgehead atoms. The Morgan fingerprint density at radius 3 is 2.90 bits per heavy atom. The number of benzene rings is 2. The molecule has 4 nitrogen and oxygen atoms in total. The van der Waals surface area contributed by atoms with Gasteiger partial charge in [-0.1, -0.05) is 18.2 Å². The van der Waals surface area contributed by atoms with E-state index in [0.29, 0.717) is 17.1 Å². The van der Waals surface area contributed by atoms with E-state index in [1.54, 1.807) is 12.1 Å². The van der Waals surface area contributed by atoms with Crippen molar-refractivity contribution in [3.63, 3.8) is 0 Å². The van der Waals surface area contributed by atoms with E-state index in [1.165, 1.54) is 12.1 Å². The molecule has 5 heteroatoms. The molecule has 4 aromatic rings. The molecule has 0 atom stereocenters. The van der Waals surface area contributed by atoms with Crippen molar-refractivity contribution in [1.29, 1.82) is 0 Å². The number of aromatic amines is 1. The van der Waals surface area contributed by atoms with E-state index in [2.05, 4.69) is 15.5 Å². The predicted octanol–water partition coefficient (Wildman–Crippen LogP) is 4.19. The van der Waals surface area contributed by atoms with Gasteiger partial charge in [0.05, 0.1) is 0 Å². The van der Waals surface area contributed by atoms with Gasteiger partial charge < -0.3 is 9.73 Å². The fourth-order valence-corrected chi connectivity index (χ4v) is 2.27. The lowest BCUT2D eigenvalue weighted by Crippen LogP contribution is -1.91. The van der Waals surface area contributed by atoms with Crippen molar-refractivity contribution in [3.05, 3.63) is 54.3 Å². The Balaban J connectivity index is 1.84. The zero-order valence-corrected chi connectivity index (χ0v) is 10.4. The topological polar surface area (TPSA) is 53.9 Å². The molecule has 0 aliphatic heterocycles. The number of hydrogen-bond acceptors (Lipinski definition) is 3. The molecule has 0 saturated heterocycles. The van der Waals surface area contributed by atoms with Gasteiger partial charge in [-0.2, -0.15) is 5.10 Å². The summed E-state index contributed by atoms with van der Waals surface area (Å²) in [5, 5.41) is 11.2. The lowest BCUT2D eigenvalue weighted by molar-refractivity contribution is 0.628. The van der Waals surface area contributed by atoms with Crippen molar-refractivity contribution < 1.29 is 8.81 Å². The molecule has 98 valence electrons. The Bertz CT molecular complexity index is 910. The average molecular weight is 267 g/mol. The van der Waals surface area contributed by atoms with Crippen molar-refractivity contribution in [1.82, 2.24) is 10.2 Å². The van der Waals surface area contributed by atoms with Crippen LogP contribution in [0.25, 0.3) is 22.1 Å². The molecular formula is C15H10FN3O. The van der Waals surface area contributed by atoms with Gasteiger partial charge in [-0.05, 0) is 30.3 Å². The first-order chi connectivity index (χ1) is 9.81. The van der Waals surface area contributed by atoms with Gasteiger partial charge in [0.25, 0.3) is 0 Å². The molecule has 0 aliphatic rings. The van der Waals surface area contributed by atoms with Crippen LogP contribution in [0.5, 0.6) is 0 Å². The molecule has 2 aromatic carbocycles. The Morgan fingerprint density at radius 2 is 2.00 bits per heavy atom. The van der Waals surface area contributed by atoms with Crippen molar-refractivity contribution in [2.75, 3.05) is 5.32 Å². The van der Waals surface area contributed by atoms with Gasteiger partial charge in [-0.3, -0.25) is 5.10 Å². The quantitative estimate of drug-likeness (QED) is 0.572. The number of hydrogen-bond donors (Lipinski definition) is 2. The minimum atomic E-state index is -0.300. The van der Waals surface area contributed by atoms with Crippen molar-refractivity contribution in [2.24, 2.45) is 0 Å². The fraction of sp³-hybridized carbons (Fsp3) is 0. The summed E-state index contributed by atoms with van der Waals surface area (Å²) in [5.41, 5.74) is 2.88. The van der Waals surface area contributed by atoms with E-state index in [4.69, 9.17) is 4.42 Å². The van der Waals surface area contributed by atoms with Crippen LogP contribution in [0.3, 0.4) is 0 Å². The maximum absolute atomic E-state index is 13.2. The molecule has 20 heavy (non-hydrogen) atoms. The SMILES string of the molecule is Fc1cccc(Nc2n[nH]c3c2oc2ccccc23)c1. The summed E-state index contributed by atoms with van der Waals surface area (Å²) in [4.78, 5) is 0. The minimum absolute atomic E-state index is 0.300. The number of furan rings is 1. The summed E-state index contributed by atoms with van der Waals surface area (Å²) in [5.74, 6) is 0.244. The van der Waals surface area contributed by atoms with E-state index >= 15 is 0 Å². The smallest absolute Gasteiger partial charge is 0.197 e. The number of anilines is 2. The van der Waals surface area contributed by atoms with Crippen LogP contribution in [0.2, 0.25) is 0 Å². The van der Waals surface area contributed by atoms with Crippen LogP contribution >= 0.6 is 0 Å². The number of para-hydroxylation sites is 1. The maximum Gasteiger partial charge on any atom is 0.197 e. The Hall–Kier alpha value is -2.82. The van der Waals surface area contributed by atoms with Gasteiger partial charge in [-0.15, -0.1) is 0 Å². The number of nitrogens with one attached hydrogen (secondary N) is 2. The second-order valence-corrected chi connectivity index (χ2v) is 4.51. The summed E-state index contributed by atoms with van der Waals surface area (Å²) in [7, 11) is 0. The van der Waals surface area contributed by atoms with Crippen LogP contribution in [0.1, 0.15) is 0 Å². The highest BCUT2D eigenvalue weighted by Gasteiger charge is 2.14. The van der Waals surface area contributed by atoms with E-state index < -0.39 is 0 Å². The zero-order valence-electron chi connectivity index (χ0n) is 10.4. The third-order valence-corrected chi connectivity index (χ3v) is 3.18. The van der Waals surface area contributed by atoms with E-state index in [0.717, 1.165) is 16.5 Å². The molecule has 2 aromatic heterocycles. The Kier molecular flexibility index (Phi) is 2.26. The van der Waals surface area contributed by atoms with Crippen LogP contribution < -0.4 is 5.32 Å². The third-order valence-electron chi connectivity index (χ3n) is 3.18. The summed E-state index contributed by atoms with van der Waals surface area (Å²) >= 11 is 0. The van der Waals surface area contributed by atoms with Crippen molar-refractivity contribution in [3.8, 4) is 0 Å². The monoisotopic (exact) mass is 267 g/mol. The minimum Gasteiger partial charge on any atom is -0.450 e. The number of aromatic nitrogens is 2. The van der Waals surface area contributed by atoms with E-state index in [-0.39, 0.29) is 5.82 Å². The first-order valence-corrected chi connectivity index (χ1v) is 6.19. The Labute approximate surface area is 113 Å². The van der Waals surface area contributed by atoms with Gasteiger partial charge in [-0.25, -0.2) is 4.39 Å². The van der Waals surface area contributed by atoms with Gasteiger partial charge in [0.1, 0.15) is 16.9 Å². The number of nitrogens with zero attached hydrogens (tertiary/aromatic N) is 1. The highest BCUT2D eigenvalue weighted by molar-refractivity contribution is 6.06. The maximum atomic E-state index is 13.2. The zero-order chi connectivity index (χ0) is 13.5. The summed E-state index contributed by atoms with van der Waals surface area (Å²) in [6, 6.07) is 13.9. The second-order valence-electron chi connectivity index (χ2n) is 4.51. The first-order valence-electron chi connectivity index (χ1n) is 6.19. The molecule has 0 unspecified atom stereocenters. The van der Waals surface area contributed by atoms with Crippen molar-refractivity contribution >= 4 is 33.6 Å². The van der Waals surface area contributed by atoms with Crippen LogP contribution in [-0.2, 0) is 0 Å². The lowest BCUT2D eigenvalue weighted by Gasteiger charge is -2.01. The highest BCUT2D eigenvalue weighted by atomic mass is 19.1. The molecule has 0 radical (unpaired) electrons. The van der Waals surface area contributed by atoms with Gasteiger partial charge >= 0.3 is 0 Å². The van der Waals surface area contributed by atoms with Crippen molar-refractivity contribution in [2.45, 2.75) is 0 Å². The molecule has 0 saturated carbocycles. The summed E-state index contributed by atoms with van der Waals surface area (Å²) in [6.07, 6.45) is 0. The standard InChI is InChI=1S/C15H10FN3O/c16-9-4-3-5-10(8-9)17-15-14-13(18-19-15)11-6-1-2-7-12(11)20-14/h1-8H,(H2,17,18,19).